The van der Waals surface area contributed by atoms with Gasteiger partial charge in [-0.2, -0.15) is 5.10 Å². The molecule has 1 amide bonds. The number of amides is 1. The topological polar surface area (TPSA) is 130 Å². The summed E-state index contributed by atoms with van der Waals surface area (Å²) in [6.07, 6.45) is 2.99. The van der Waals surface area contributed by atoms with Gasteiger partial charge < -0.3 is 10.4 Å². The smallest absolute Gasteiger partial charge is 0.337 e. The fraction of sp³-hybridized carbons (Fsp3) is 0.214. The number of thiazole rings is 1. The molecule has 0 aromatic carbocycles. The van der Waals surface area contributed by atoms with Crippen LogP contribution in [0.1, 0.15) is 23.2 Å². The summed E-state index contributed by atoms with van der Waals surface area (Å²) in [7, 11) is 0. The first-order chi connectivity index (χ1) is 11.5. The molecule has 3 N–H and O–H groups in total. The summed E-state index contributed by atoms with van der Waals surface area (Å²) in [5, 5.41) is 19.0. The maximum atomic E-state index is 12.0. The Morgan fingerprint density at radius 3 is 2.88 bits per heavy atom. The monoisotopic (exact) mass is 345 g/mol. The third kappa shape index (κ3) is 2.46. The highest BCUT2D eigenvalue weighted by atomic mass is 32.1. The number of aromatic nitrogens is 4. The molecule has 0 radical (unpaired) electrons. The number of aromatic carboxylic acids is 1. The van der Waals surface area contributed by atoms with Crippen LogP contribution in [-0.2, 0) is 4.79 Å². The number of H-pyrrole nitrogens is 1. The molecule has 1 aliphatic carbocycles. The van der Waals surface area contributed by atoms with Gasteiger partial charge in [-0.3, -0.25) is 19.3 Å². The number of nitrogens with one attached hydrogen (secondary N) is 2. The summed E-state index contributed by atoms with van der Waals surface area (Å²) in [4.78, 5) is 39.2. The molecule has 24 heavy (non-hydrogen) atoms. The van der Waals surface area contributed by atoms with Crippen molar-refractivity contribution in [3.8, 4) is 5.82 Å². The second kappa shape index (κ2) is 5.27. The molecule has 4 rings (SSSR count). The number of carboxylic acids is 1. The van der Waals surface area contributed by atoms with Gasteiger partial charge in [-0.25, -0.2) is 9.78 Å². The lowest BCUT2D eigenvalue weighted by atomic mass is 10.3. The largest absolute Gasteiger partial charge is 0.478 e. The van der Waals surface area contributed by atoms with Gasteiger partial charge in [0.05, 0.1) is 5.56 Å². The molecule has 1 saturated carbocycles. The summed E-state index contributed by atoms with van der Waals surface area (Å²) in [6.45, 7) is 0. The van der Waals surface area contributed by atoms with E-state index >= 15 is 0 Å². The van der Waals surface area contributed by atoms with E-state index in [9.17, 15) is 14.4 Å². The number of carbonyl (C=O) groups is 2. The van der Waals surface area contributed by atoms with E-state index in [1.165, 1.54) is 29.7 Å². The Bertz CT molecular complexity index is 1030. The molecular formula is C14H11N5O4S. The van der Waals surface area contributed by atoms with Crippen molar-refractivity contribution in [3.63, 3.8) is 0 Å². The molecule has 0 unspecified atom stereocenters. The molecule has 3 aromatic heterocycles. The zero-order chi connectivity index (χ0) is 16.8. The van der Waals surface area contributed by atoms with Crippen molar-refractivity contribution in [2.24, 2.45) is 5.92 Å². The first-order valence-corrected chi connectivity index (χ1v) is 7.97. The molecule has 9 nitrogen and oxygen atoms in total. The fourth-order valence-corrected chi connectivity index (χ4v) is 3.16. The fourth-order valence-electron chi connectivity index (χ4n) is 2.25. The first-order valence-electron chi connectivity index (χ1n) is 7.15. The summed E-state index contributed by atoms with van der Waals surface area (Å²) < 4.78 is 1.71. The SMILES string of the molecule is O=C(O)c1ccc(=O)n(-c2n[nH]c3nc(NC(=O)C4CC4)sc23)c1. The Hall–Kier alpha value is -3.01. The summed E-state index contributed by atoms with van der Waals surface area (Å²) in [5.74, 6) is -0.898. The third-order valence-electron chi connectivity index (χ3n) is 3.66. The van der Waals surface area contributed by atoms with E-state index in [0.717, 1.165) is 17.4 Å². The average molecular weight is 345 g/mol. The quantitative estimate of drug-likeness (QED) is 0.652. The predicted molar refractivity (Wildman–Crippen MR) is 85.7 cm³/mol. The van der Waals surface area contributed by atoms with Gasteiger partial charge in [0.1, 0.15) is 4.70 Å². The van der Waals surface area contributed by atoms with Crippen LogP contribution in [0, 0.1) is 5.92 Å². The molecular weight excluding hydrogens is 334 g/mol. The molecule has 1 aliphatic rings. The van der Waals surface area contributed by atoms with Crippen LogP contribution < -0.4 is 10.9 Å². The highest BCUT2D eigenvalue weighted by molar-refractivity contribution is 7.22. The zero-order valence-electron chi connectivity index (χ0n) is 12.1. The van der Waals surface area contributed by atoms with E-state index in [-0.39, 0.29) is 23.2 Å². The lowest BCUT2D eigenvalue weighted by molar-refractivity contribution is -0.117. The maximum Gasteiger partial charge on any atom is 0.337 e. The minimum Gasteiger partial charge on any atom is -0.478 e. The van der Waals surface area contributed by atoms with E-state index in [1.54, 1.807) is 0 Å². The molecule has 3 heterocycles. The number of anilines is 1. The number of carboxylic acid groups (broad SMARTS) is 1. The van der Waals surface area contributed by atoms with Crippen LogP contribution in [0.4, 0.5) is 5.13 Å². The van der Waals surface area contributed by atoms with Crippen LogP contribution in [0.5, 0.6) is 0 Å². The number of fused-ring (bicyclic) bond motifs is 1. The lowest BCUT2D eigenvalue weighted by Crippen LogP contribution is -2.18. The molecule has 0 bridgehead atoms. The molecule has 0 atom stereocenters. The van der Waals surface area contributed by atoms with Gasteiger partial charge in [-0.15, -0.1) is 0 Å². The van der Waals surface area contributed by atoms with Crippen molar-refractivity contribution in [1.29, 1.82) is 0 Å². The third-order valence-corrected chi connectivity index (χ3v) is 4.63. The van der Waals surface area contributed by atoms with Gasteiger partial charge in [-0.1, -0.05) is 11.3 Å². The molecule has 0 aliphatic heterocycles. The molecule has 0 saturated heterocycles. The van der Waals surface area contributed by atoms with Gasteiger partial charge in [0.2, 0.25) is 5.91 Å². The Morgan fingerprint density at radius 2 is 2.17 bits per heavy atom. The van der Waals surface area contributed by atoms with Crippen molar-refractivity contribution in [3.05, 3.63) is 34.2 Å². The minimum absolute atomic E-state index is 0.0301. The van der Waals surface area contributed by atoms with Crippen molar-refractivity contribution >= 4 is 38.7 Å². The van der Waals surface area contributed by atoms with Crippen molar-refractivity contribution < 1.29 is 14.7 Å². The Kier molecular flexibility index (Phi) is 3.20. The van der Waals surface area contributed by atoms with E-state index in [4.69, 9.17) is 5.11 Å². The Morgan fingerprint density at radius 1 is 1.38 bits per heavy atom. The van der Waals surface area contributed by atoms with Crippen LogP contribution in [-0.4, -0.2) is 36.7 Å². The van der Waals surface area contributed by atoms with Gasteiger partial charge in [0.25, 0.3) is 5.56 Å². The van der Waals surface area contributed by atoms with E-state index < -0.39 is 11.5 Å². The number of hydrogen-bond acceptors (Lipinski definition) is 6. The maximum absolute atomic E-state index is 12.0. The number of nitrogens with zero attached hydrogens (tertiary/aromatic N) is 3. The number of rotatable bonds is 4. The van der Waals surface area contributed by atoms with E-state index in [2.05, 4.69) is 20.5 Å². The number of hydrogen-bond donors (Lipinski definition) is 3. The summed E-state index contributed by atoms with van der Waals surface area (Å²) in [5.41, 5.74) is -0.0170. The van der Waals surface area contributed by atoms with Gasteiger partial charge in [-0.05, 0) is 18.9 Å². The van der Waals surface area contributed by atoms with Gasteiger partial charge >= 0.3 is 5.97 Å². The standard InChI is InChI=1S/C14H11N5O4S/c20-8-4-3-7(13(22)23)5-19(8)11-9-10(17-18-11)15-14(24-9)16-12(21)6-1-2-6/h3-6H,1-2H2,(H,22,23)(H2,15,16,17,18,21). The van der Waals surface area contributed by atoms with Crippen LogP contribution in [0.2, 0.25) is 0 Å². The van der Waals surface area contributed by atoms with Gasteiger partial charge in [0.15, 0.2) is 16.6 Å². The highest BCUT2D eigenvalue weighted by Gasteiger charge is 2.30. The summed E-state index contributed by atoms with van der Waals surface area (Å²) in [6, 6.07) is 2.40. The summed E-state index contributed by atoms with van der Waals surface area (Å²) >= 11 is 1.18. The minimum atomic E-state index is -1.14. The highest BCUT2D eigenvalue weighted by Crippen LogP contribution is 2.33. The zero-order valence-corrected chi connectivity index (χ0v) is 13.0. The van der Waals surface area contributed by atoms with Crippen molar-refractivity contribution in [2.45, 2.75) is 12.8 Å². The number of pyridine rings is 1. The van der Waals surface area contributed by atoms with E-state index in [0.29, 0.717) is 15.5 Å². The first kappa shape index (κ1) is 14.6. The van der Waals surface area contributed by atoms with Gasteiger partial charge in [0, 0.05) is 18.2 Å². The van der Waals surface area contributed by atoms with Crippen LogP contribution in [0.15, 0.2) is 23.1 Å². The van der Waals surface area contributed by atoms with Crippen molar-refractivity contribution in [2.75, 3.05) is 5.32 Å². The molecule has 122 valence electrons. The van der Waals surface area contributed by atoms with Crippen LogP contribution >= 0.6 is 11.3 Å². The second-order valence-electron chi connectivity index (χ2n) is 5.44. The number of aromatic amines is 1. The Labute approximate surface area is 138 Å². The second-order valence-corrected chi connectivity index (χ2v) is 6.44. The van der Waals surface area contributed by atoms with Crippen LogP contribution in [0.25, 0.3) is 16.2 Å². The lowest BCUT2D eigenvalue weighted by Gasteiger charge is -2.02. The van der Waals surface area contributed by atoms with Crippen LogP contribution in [0.3, 0.4) is 0 Å². The average Bonchev–Trinajstić information content (AvgIpc) is 3.22. The molecule has 1 fully saturated rings. The molecule has 10 heteroatoms. The predicted octanol–water partition coefficient (Wildman–Crippen LogP) is 1.22. The number of carbonyl (C=O) groups excluding carboxylic acids is 1. The van der Waals surface area contributed by atoms with Crippen molar-refractivity contribution in [1.82, 2.24) is 19.7 Å². The van der Waals surface area contributed by atoms with E-state index in [1.807, 2.05) is 0 Å². The normalized spacial score (nSPS) is 14.0. The molecule has 0 spiro atoms. The Balaban J connectivity index is 1.75. The molecule has 3 aromatic rings.